The average molecular weight is 454 g/mol. The predicted molar refractivity (Wildman–Crippen MR) is 125 cm³/mol. The molecule has 1 saturated heterocycles. The molecule has 0 atom stereocenters. The van der Waals surface area contributed by atoms with E-state index in [9.17, 15) is 14.4 Å². The smallest absolute Gasteiger partial charge is 0.267 e. The number of ether oxygens (including phenoxy) is 1. The van der Waals surface area contributed by atoms with Crippen LogP contribution < -0.4 is 10.2 Å². The van der Waals surface area contributed by atoms with Crippen molar-refractivity contribution in [1.29, 1.82) is 0 Å². The summed E-state index contributed by atoms with van der Waals surface area (Å²) < 4.78 is 5.43. The Bertz CT molecular complexity index is 1100. The molecule has 9 heteroatoms. The summed E-state index contributed by atoms with van der Waals surface area (Å²) in [5, 5.41) is 2.79. The van der Waals surface area contributed by atoms with Crippen LogP contribution in [0.1, 0.15) is 5.56 Å². The predicted octanol–water partition coefficient (Wildman–Crippen LogP) is 2.89. The molecule has 2 aromatic carbocycles. The van der Waals surface area contributed by atoms with Crippen molar-refractivity contribution in [2.24, 2.45) is 0 Å². The second-order valence-electron chi connectivity index (χ2n) is 6.84. The molecule has 2 aliphatic heterocycles. The molecular formula is C22H19N3O4S2. The number of hydrogen-bond acceptors (Lipinski definition) is 6. The van der Waals surface area contributed by atoms with Gasteiger partial charge in [-0.15, -0.1) is 0 Å². The van der Waals surface area contributed by atoms with E-state index in [4.69, 9.17) is 17.0 Å². The number of anilines is 2. The van der Waals surface area contributed by atoms with Gasteiger partial charge in [0.2, 0.25) is 5.91 Å². The molecule has 0 unspecified atom stereocenters. The van der Waals surface area contributed by atoms with Gasteiger partial charge in [0.05, 0.1) is 29.3 Å². The fraction of sp³-hybridized carbons (Fsp3) is 0.182. The zero-order valence-corrected chi connectivity index (χ0v) is 18.3. The Morgan fingerprint density at radius 2 is 1.74 bits per heavy atom. The van der Waals surface area contributed by atoms with Gasteiger partial charge in [0.25, 0.3) is 11.8 Å². The number of para-hydroxylation sites is 2. The van der Waals surface area contributed by atoms with Crippen LogP contribution in [-0.4, -0.2) is 53.7 Å². The van der Waals surface area contributed by atoms with Gasteiger partial charge >= 0.3 is 0 Å². The maximum absolute atomic E-state index is 13.3. The topological polar surface area (TPSA) is 79.0 Å². The number of nitrogens with zero attached hydrogens (tertiary/aromatic N) is 2. The lowest BCUT2D eigenvalue weighted by molar-refractivity contribution is -0.122. The third kappa shape index (κ3) is 4.12. The second kappa shape index (κ2) is 9.01. The van der Waals surface area contributed by atoms with Gasteiger partial charge in [-0.3, -0.25) is 24.2 Å². The lowest BCUT2D eigenvalue weighted by Gasteiger charge is -2.16. The van der Waals surface area contributed by atoms with Gasteiger partial charge in [-0.05, 0) is 18.2 Å². The molecular weight excluding hydrogens is 434 g/mol. The van der Waals surface area contributed by atoms with Crippen LogP contribution in [-0.2, 0) is 19.1 Å². The number of rotatable bonds is 6. The van der Waals surface area contributed by atoms with Crippen LogP contribution in [0.4, 0.5) is 11.4 Å². The minimum absolute atomic E-state index is 0.168. The van der Waals surface area contributed by atoms with E-state index in [0.717, 1.165) is 11.8 Å². The molecule has 0 aliphatic carbocycles. The molecule has 1 fully saturated rings. The molecule has 0 radical (unpaired) electrons. The normalized spacial score (nSPS) is 18.0. The van der Waals surface area contributed by atoms with Crippen molar-refractivity contribution in [1.82, 2.24) is 4.90 Å². The van der Waals surface area contributed by atoms with E-state index in [1.54, 1.807) is 43.5 Å². The van der Waals surface area contributed by atoms with Crippen molar-refractivity contribution < 1.29 is 19.1 Å². The van der Waals surface area contributed by atoms with Crippen LogP contribution in [0.15, 0.2) is 59.5 Å². The molecule has 1 N–H and O–H groups in total. The van der Waals surface area contributed by atoms with Crippen molar-refractivity contribution in [2.45, 2.75) is 0 Å². The third-order valence-electron chi connectivity index (χ3n) is 4.88. The first-order chi connectivity index (χ1) is 15.0. The zero-order chi connectivity index (χ0) is 22.0. The minimum atomic E-state index is -0.392. The van der Waals surface area contributed by atoms with Crippen molar-refractivity contribution in [3.8, 4) is 0 Å². The summed E-state index contributed by atoms with van der Waals surface area (Å²) in [6, 6.07) is 16.2. The maximum Gasteiger partial charge on any atom is 0.267 e. The lowest BCUT2D eigenvalue weighted by Crippen LogP contribution is -2.35. The van der Waals surface area contributed by atoms with Crippen LogP contribution >= 0.6 is 24.0 Å². The highest BCUT2D eigenvalue weighted by molar-refractivity contribution is 8.26. The van der Waals surface area contributed by atoms with Gasteiger partial charge in [-0.2, -0.15) is 0 Å². The molecule has 4 rings (SSSR count). The molecule has 0 aromatic heterocycles. The fourth-order valence-corrected chi connectivity index (χ4v) is 4.83. The maximum atomic E-state index is 13.3. The first-order valence-corrected chi connectivity index (χ1v) is 10.8. The largest absolute Gasteiger partial charge is 0.383 e. The fourth-order valence-electron chi connectivity index (χ4n) is 3.45. The van der Waals surface area contributed by atoms with Crippen molar-refractivity contribution in [3.05, 3.63) is 65.1 Å². The van der Waals surface area contributed by atoms with E-state index >= 15 is 0 Å². The highest BCUT2D eigenvalue weighted by Crippen LogP contribution is 2.44. The second-order valence-corrected chi connectivity index (χ2v) is 8.49. The van der Waals surface area contributed by atoms with Crippen molar-refractivity contribution in [3.63, 3.8) is 0 Å². The standard InChI is InChI=1S/C22H19N3O4S2/c1-29-12-11-24-21(28)19(31-22(24)30)18-15-9-5-6-10-16(15)25(20(18)27)13-17(26)23-14-7-3-2-4-8-14/h2-10H,11-13H2,1H3,(H,23,26). The molecule has 0 saturated carbocycles. The SMILES string of the molecule is COCCN1C(=O)C(=C2C(=O)N(CC(=O)Nc3ccccc3)c3ccccc32)SC1=S. The van der Waals surface area contributed by atoms with Gasteiger partial charge < -0.3 is 10.1 Å². The Morgan fingerprint density at radius 3 is 2.48 bits per heavy atom. The average Bonchev–Trinajstić information content (AvgIpc) is 3.20. The molecule has 3 amide bonds. The van der Waals surface area contributed by atoms with E-state index < -0.39 is 5.91 Å². The highest BCUT2D eigenvalue weighted by Gasteiger charge is 2.42. The molecule has 158 valence electrons. The van der Waals surface area contributed by atoms with Crippen molar-refractivity contribution in [2.75, 3.05) is 37.0 Å². The number of hydrogen-bond donors (Lipinski definition) is 1. The number of thiocarbonyl (C=S) groups is 1. The highest BCUT2D eigenvalue weighted by atomic mass is 32.2. The molecule has 2 aromatic rings. The van der Waals surface area contributed by atoms with E-state index in [2.05, 4.69) is 5.32 Å². The number of carbonyl (C=O) groups is 3. The summed E-state index contributed by atoms with van der Waals surface area (Å²) in [5.41, 5.74) is 2.13. The Kier molecular flexibility index (Phi) is 6.17. The van der Waals surface area contributed by atoms with Gasteiger partial charge in [0, 0.05) is 18.4 Å². The van der Waals surface area contributed by atoms with Gasteiger partial charge in [0.15, 0.2) is 0 Å². The quantitative estimate of drug-likeness (QED) is 0.535. The van der Waals surface area contributed by atoms with Crippen molar-refractivity contribution >= 4 is 63.0 Å². The lowest BCUT2D eigenvalue weighted by atomic mass is 10.1. The van der Waals surface area contributed by atoms with E-state index in [-0.39, 0.29) is 28.8 Å². The van der Waals surface area contributed by atoms with E-state index in [1.165, 1.54) is 9.80 Å². The van der Waals surface area contributed by atoms with Gasteiger partial charge in [-0.25, -0.2) is 0 Å². The van der Waals surface area contributed by atoms with E-state index in [1.807, 2.05) is 18.2 Å². The zero-order valence-electron chi connectivity index (χ0n) is 16.7. The number of benzene rings is 2. The summed E-state index contributed by atoms with van der Waals surface area (Å²) in [6.07, 6.45) is 0. The van der Waals surface area contributed by atoms with E-state index in [0.29, 0.717) is 34.4 Å². The van der Waals surface area contributed by atoms with Gasteiger partial charge in [-0.1, -0.05) is 60.4 Å². The molecule has 2 aliphatic rings. The Morgan fingerprint density at radius 1 is 1.03 bits per heavy atom. The number of nitrogens with one attached hydrogen (secondary N) is 1. The monoisotopic (exact) mass is 453 g/mol. The van der Waals surface area contributed by atoms with Crippen LogP contribution in [0.3, 0.4) is 0 Å². The number of methoxy groups -OCH3 is 1. The van der Waals surface area contributed by atoms with Gasteiger partial charge in [0.1, 0.15) is 10.9 Å². The number of carbonyl (C=O) groups excluding carboxylic acids is 3. The first kappa shape index (κ1) is 21.2. The minimum Gasteiger partial charge on any atom is -0.383 e. The Balaban J connectivity index is 1.64. The van der Waals surface area contributed by atoms with Crippen LogP contribution in [0, 0.1) is 0 Å². The molecule has 7 nitrogen and oxygen atoms in total. The Labute approximate surface area is 189 Å². The summed E-state index contributed by atoms with van der Waals surface area (Å²) >= 11 is 6.45. The molecule has 0 spiro atoms. The first-order valence-electron chi connectivity index (χ1n) is 9.54. The van der Waals surface area contributed by atoms with Crippen LogP contribution in [0.25, 0.3) is 5.57 Å². The summed E-state index contributed by atoms with van der Waals surface area (Å²) in [5.74, 6) is -1.04. The third-order valence-corrected chi connectivity index (χ3v) is 6.33. The van der Waals surface area contributed by atoms with Crippen LogP contribution in [0.2, 0.25) is 0 Å². The number of amides is 3. The summed E-state index contributed by atoms with van der Waals surface area (Å²) in [7, 11) is 1.55. The molecule has 31 heavy (non-hydrogen) atoms. The molecule has 0 bridgehead atoms. The van der Waals surface area contributed by atoms with Crippen LogP contribution in [0.5, 0.6) is 0 Å². The molecule has 2 heterocycles. The summed E-state index contributed by atoms with van der Waals surface area (Å²) in [6.45, 7) is 0.487. The summed E-state index contributed by atoms with van der Waals surface area (Å²) in [4.78, 5) is 42.0. The number of thioether (sulfide) groups is 1. The Hall–Kier alpha value is -3.01. The number of fused-ring (bicyclic) bond motifs is 1.